The van der Waals surface area contributed by atoms with Gasteiger partial charge in [-0.25, -0.2) is 4.98 Å². The van der Waals surface area contributed by atoms with Gasteiger partial charge in [-0.2, -0.15) is 0 Å². The third-order valence-electron chi connectivity index (χ3n) is 3.77. The average molecular weight is 334 g/mol. The first kappa shape index (κ1) is 17.3. The lowest BCUT2D eigenvalue weighted by molar-refractivity contribution is -0.129. The Labute approximate surface area is 140 Å². The fraction of sp³-hybridized carbons (Fsp3) is 0.412. The Balaban J connectivity index is 2.00. The standard InChI is InChI=1S/C17H22N2O3S/c1-12-15(23-11-18-12)8-9-19(2)16(20)10-13-6-5-7-14(21-3)17(13)22-4/h5-7,11H,8-10H2,1-4H3. The number of ether oxygens (including phenoxy) is 2. The third kappa shape index (κ3) is 4.22. The second-order valence-electron chi connectivity index (χ2n) is 5.26. The Kier molecular flexibility index (Phi) is 5.98. The number of likely N-dealkylation sites (N-methyl/N-ethyl adjacent to an activating group) is 1. The molecule has 0 atom stereocenters. The predicted octanol–water partition coefficient (Wildman–Crippen LogP) is 2.71. The maximum Gasteiger partial charge on any atom is 0.226 e. The topological polar surface area (TPSA) is 51.7 Å². The number of hydrogen-bond acceptors (Lipinski definition) is 5. The molecule has 2 aromatic rings. The maximum atomic E-state index is 12.4. The molecule has 0 saturated carbocycles. The van der Waals surface area contributed by atoms with Gasteiger partial charge in [0.15, 0.2) is 11.5 Å². The first-order valence-corrected chi connectivity index (χ1v) is 8.27. The van der Waals surface area contributed by atoms with Gasteiger partial charge < -0.3 is 14.4 Å². The van der Waals surface area contributed by atoms with Crippen molar-refractivity contribution < 1.29 is 14.3 Å². The molecule has 5 nitrogen and oxygen atoms in total. The molecule has 0 saturated heterocycles. The van der Waals surface area contributed by atoms with Crippen molar-refractivity contribution in [3.05, 3.63) is 39.8 Å². The second kappa shape index (κ2) is 7.97. The van der Waals surface area contributed by atoms with E-state index < -0.39 is 0 Å². The zero-order chi connectivity index (χ0) is 16.8. The van der Waals surface area contributed by atoms with Gasteiger partial charge in [0.25, 0.3) is 0 Å². The molecule has 0 aliphatic carbocycles. The summed E-state index contributed by atoms with van der Waals surface area (Å²) in [6.45, 7) is 2.67. The van der Waals surface area contributed by atoms with Gasteiger partial charge in [-0.05, 0) is 13.0 Å². The van der Waals surface area contributed by atoms with Crippen molar-refractivity contribution in [3.63, 3.8) is 0 Å². The summed E-state index contributed by atoms with van der Waals surface area (Å²) < 4.78 is 10.7. The summed E-state index contributed by atoms with van der Waals surface area (Å²) in [7, 11) is 5.00. The summed E-state index contributed by atoms with van der Waals surface area (Å²) in [5, 5.41) is 0. The molecule has 0 fully saturated rings. The van der Waals surface area contributed by atoms with E-state index >= 15 is 0 Å². The van der Waals surface area contributed by atoms with Crippen LogP contribution in [0.25, 0.3) is 0 Å². The number of hydrogen-bond donors (Lipinski definition) is 0. The molecule has 0 unspecified atom stereocenters. The highest BCUT2D eigenvalue weighted by atomic mass is 32.1. The molecule has 0 bridgehead atoms. The van der Waals surface area contributed by atoms with E-state index in [1.807, 2.05) is 37.7 Å². The monoisotopic (exact) mass is 334 g/mol. The second-order valence-corrected chi connectivity index (χ2v) is 6.19. The summed E-state index contributed by atoms with van der Waals surface area (Å²) in [4.78, 5) is 19.6. The van der Waals surface area contributed by atoms with Gasteiger partial charge in [-0.15, -0.1) is 11.3 Å². The Morgan fingerprint density at radius 3 is 2.70 bits per heavy atom. The van der Waals surface area contributed by atoms with E-state index in [1.165, 1.54) is 4.88 Å². The van der Waals surface area contributed by atoms with Crippen molar-refractivity contribution in [2.75, 3.05) is 27.8 Å². The maximum absolute atomic E-state index is 12.4. The van der Waals surface area contributed by atoms with Gasteiger partial charge in [-0.1, -0.05) is 12.1 Å². The summed E-state index contributed by atoms with van der Waals surface area (Å²) in [5.74, 6) is 1.31. The molecular formula is C17H22N2O3S. The van der Waals surface area contributed by atoms with Crippen molar-refractivity contribution in [1.82, 2.24) is 9.88 Å². The smallest absolute Gasteiger partial charge is 0.226 e. The quantitative estimate of drug-likeness (QED) is 0.781. The Morgan fingerprint density at radius 1 is 1.30 bits per heavy atom. The lowest BCUT2D eigenvalue weighted by Crippen LogP contribution is -2.30. The van der Waals surface area contributed by atoms with Crippen LogP contribution < -0.4 is 9.47 Å². The molecule has 0 spiro atoms. The normalized spacial score (nSPS) is 10.4. The summed E-state index contributed by atoms with van der Waals surface area (Å²) >= 11 is 1.63. The minimum Gasteiger partial charge on any atom is -0.493 e. The molecule has 124 valence electrons. The number of nitrogens with zero attached hydrogens (tertiary/aromatic N) is 2. The molecule has 2 rings (SSSR count). The predicted molar refractivity (Wildman–Crippen MR) is 91.4 cm³/mol. The lowest BCUT2D eigenvalue weighted by atomic mass is 10.1. The number of amides is 1. The fourth-order valence-electron chi connectivity index (χ4n) is 2.35. The summed E-state index contributed by atoms with van der Waals surface area (Å²) in [6, 6.07) is 5.58. The molecule has 23 heavy (non-hydrogen) atoms. The first-order valence-electron chi connectivity index (χ1n) is 7.39. The van der Waals surface area contributed by atoms with Crippen LogP contribution in [0.2, 0.25) is 0 Å². The molecule has 1 heterocycles. The highest BCUT2D eigenvalue weighted by Crippen LogP contribution is 2.31. The summed E-state index contributed by atoms with van der Waals surface area (Å²) in [5.41, 5.74) is 3.72. The molecule has 1 aromatic heterocycles. The number of aryl methyl sites for hydroxylation is 1. The molecule has 6 heteroatoms. The Bertz CT molecular complexity index is 670. The van der Waals surface area contributed by atoms with Gasteiger partial charge in [0.1, 0.15) is 0 Å². The molecule has 0 aliphatic heterocycles. The van der Waals surface area contributed by atoms with Crippen molar-refractivity contribution >= 4 is 17.2 Å². The molecule has 0 aliphatic rings. The number of carbonyl (C=O) groups is 1. The van der Waals surface area contributed by atoms with E-state index in [4.69, 9.17) is 9.47 Å². The summed E-state index contributed by atoms with van der Waals surface area (Å²) in [6.07, 6.45) is 1.12. The molecule has 0 radical (unpaired) electrons. The van der Waals surface area contributed by atoms with Crippen LogP contribution in [0.1, 0.15) is 16.1 Å². The van der Waals surface area contributed by atoms with Crippen molar-refractivity contribution in [1.29, 1.82) is 0 Å². The van der Waals surface area contributed by atoms with Gasteiger partial charge >= 0.3 is 0 Å². The average Bonchev–Trinajstić information content (AvgIpc) is 2.97. The van der Waals surface area contributed by atoms with E-state index in [0.29, 0.717) is 24.5 Å². The highest BCUT2D eigenvalue weighted by molar-refractivity contribution is 7.09. The number of carbonyl (C=O) groups excluding carboxylic acids is 1. The van der Waals surface area contributed by atoms with Crippen molar-refractivity contribution in [2.45, 2.75) is 19.8 Å². The zero-order valence-electron chi connectivity index (χ0n) is 14.0. The van der Waals surface area contributed by atoms with Gasteiger partial charge in [0, 0.05) is 30.5 Å². The van der Waals surface area contributed by atoms with Gasteiger partial charge in [-0.3, -0.25) is 4.79 Å². The van der Waals surface area contributed by atoms with E-state index in [2.05, 4.69) is 4.98 Å². The number of rotatable bonds is 7. The largest absolute Gasteiger partial charge is 0.493 e. The zero-order valence-corrected chi connectivity index (χ0v) is 14.8. The van der Waals surface area contributed by atoms with Crippen LogP contribution in [-0.4, -0.2) is 43.6 Å². The van der Waals surface area contributed by atoms with Crippen molar-refractivity contribution in [3.8, 4) is 11.5 Å². The van der Waals surface area contributed by atoms with E-state index in [9.17, 15) is 4.79 Å². The van der Waals surface area contributed by atoms with E-state index in [0.717, 1.165) is 17.7 Å². The van der Waals surface area contributed by atoms with Gasteiger partial charge in [0.05, 0.1) is 31.8 Å². The molecular weight excluding hydrogens is 312 g/mol. The van der Waals surface area contributed by atoms with Crippen LogP contribution in [0.15, 0.2) is 23.7 Å². The van der Waals surface area contributed by atoms with Crippen LogP contribution in [0.5, 0.6) is 11.5 Å². The Morgan fingerprint density at radius 2 is 2.09 bits per heavy atom. The first-order chi connectivity index (χ1) is 11.1. The number of benzene rings is 1. The highest BCUT2D eigenvalue weighted by Gasteiger charge is 2.16. The van der Waals surface area contributed by atoms with E-state index in [-0.39, 0.29) is 5.91 Å². The fourth-order valence-corrected chi connectivity index (χ4v) is 3.12. The third-order valence-corrected chi connectivity index (χ3v) is 4.77. The SMILES string of the molecule is COc1cccc(CC(=O)N(C)CCc2scnc2C)c1OC. The Hall–Kier alpha value is -2.08. The lowest BCUT2D eigenvalue weighted by Gasteiger charge is -2.18. The van der Waals surface area contributed by atoms with Gasteiger partial charge in [0.2, 0.25) is 5.91 Å². The van der Waals surface area contributed by atoms with Crippen LogP contribution in [0.4, 0.5) is 0 Å². The molecule has 0 N–H and O–H groups in total. The van der Waals surface area contributed by atoms with Crippen LogP contribution in [0, 0.1) is 6.92 Å². The minimum atomic E-state index is 0.0544. The molecule has 1 amide bonds. The van der Waals surface area contributed by atoms with Crippen LogP contribution in [-0.2, 0) is 17.6 Å². The minimum absolute atomic E-state index is 0.0544. The van der Waals surface area contributed by atoms with Crippen LogP contribution >= 0.6 is 11.3 Å². The number of para-hydroxylation sites is 1. The number of thiazole rings is 1. The van der Waals surface area contributed by atoms with E-state index in [1.54, 1.807) is 30.5 Å². The van der Waals surface area contributed by atoms with Crippen molar-refractivity contribution in [2.24, 2.45) is 0 Å². The molecule has 1 aromatic carbocycles. The number of methoxy groups -OCH3 is 2. The van der Waals surface area contributed by atoms with Crippen LogP contribution in [0.3, 0.4) is 0 Å². The number of aromatic nitrogens is 1.